The number of aryl methyl sites for hydroxylation is 1. The standard InChI is InChI=1S/C16H15N3S/c1-11-17-15-6-4-3-5-14(15)16(18-11)19-12-7-9-13(20-2)10-8-12/h3-10H,1-2H3,(H,17,18,19). The lowest BCUT2D eigenvalue weighted by molar-refractivity contribution is 1.09. The minimum absolute atomic E-state index is 0.770. The third-order valence-electron chi connectivity index (χ3n) is 3.07. The Morgan fingerprint density at radius 1 is 0.950 bits per heavy atom. The molecule has 3 aromatic rings. The second-order valence-electron chi connectivity index (χ2n) is 4.49. The van der Waals surface area contributed by atoms with Crippen molar-refractivity contribution in [3.05, 3.63) is 54.4 Å². The molecular formula is C16H15N3S. The number of hydrogen-bond donors (Lipinski definition) is 1. The van der Waals surface area contributed by atoms with Crippen molar-refractivity contribution in [2.75, 3.05) is 11.6 Å². The molecule has 0 radical (unpaired) electrons. The summed E-state index contributed by atoms with van der Waals surface area (Å²) in [5.74, 6) is 1.62. The van der Waals surface area contributed by atoms with Gasteiger partial charge in [0.15, 0.2) is 0 Å². The van der Waals surface area contributed by atoms with Crippen molar-refractivity contribution in [2.45, 2.75) is 11.8 Å². The minimum Gasteiger partial charge on any atom is -0.340 e. The van der Waals surface area contributed by atoms with E-state index in [-0.39, 0.29) is 0 Å². The van der Waals surface area contributed by atoms with E-state index in [4.69, 9.17) is 0 Å². The first-order valence-corrected chi connectivity index (χ1v) is 7.63. The van der Waals surface area contributed by atoms with E-state index in [0.717, 1.165) is 28.2 Å². The van der Waals surface area contributed by atoms with Crippen molar-refractivity contribution in [1.82, 2.24) is 9.97 Å². The maximum atomic E-state index is 4.51. The summed E-state index contributed by atoms with van der Waals surface area (Å²) in [6, 6.07) is 16.4. The molecule has 2 aromatic carbocycles. The third-order valence-corrected chi connectivity index (χ3v) is 3.81. The Morgan fingerprint density at radius 2 is 1.70 bits per heavy atom. The van der Waals surface area contributed by atoms with Gasteiger partial charge in [0.1, 0.15) is 11.6 Å². The molecule has 0 saturated heterocycles. The number of hydrogen-bond acceptors (Lipinski definition) is 4. The van der Waals surface area contributed by atoms with E-state index in [1.165, 1.54) is 4.90 Å². The van der Waals surface area contributed by atoms with Crippen molar-refractivity contribution < 1.29 is 0 Å². The minimum atomic E-state index is 0.770. The molecule has 0 atom stereocenters. The maximum Gasteiger partial charge on any atom is 0.142 e. The fourth-order valence-corrected chi connectivity index (χ4v) is 2.51. The number of nitrogens with one attached hydrogen (secondary N) is 1. The Balaban J connectivity index is 2.01. The second-order valence-corrected chi connectivity index (χ2v) is 5.37. The van der Waals surface area contributed by atoms with Crippen LogP contribution in [0.15, 0.2) is 53.4 Å². The van der Waals surface area contributed by atoms with Crippen LogP contribution < -0.4 is 5.32 Å². The number of fused-ring (bicyclic) bond motifs is 1. The predicted molar refractivity (Wildman–Crippen MR) is 85.8 cm³/mol. The van der Waals surface area contributed by atoms with Crippen molar-refractivity contribution >= 4 is 34.2 Å². The van der Waals surface area contributed by atoms with Gasteiger partial charge in [0.2, 0.25) is 0 Å². The van der Waals surface area contributed by atoms with Crippen LogP contribution in [0.1, 0.15) is 5.82 Å². The van der Waals surface area contributed by atoms with Gasteiger partial charge in [0.25, 0.3) is 0 Å². The summed E-state index contributed by atoms with van der Waals surface area (Å²) in [4.78, 5) is 10.2. The van der Waals surface area contributed by atoms with Gasteiger partial charge in [0, 0.05) is 16.0 Å². The molecule has 0 aliphatic rings. The highest BCUT2D eigenvalue weighted by Gasteiger charge is 2.05. The van der Waals surface area contributed by atoms with Gasteiger partial charge < -0.3 is 5.32 Å². The third kappa shape index (κ3) is 2.60. The molecule has 100 valence electrons. The molecule has 0 amide bonds. The van der Waals surface area contributed by atoms with Crippen molar-refractivity contribution in [1.29, 1.82) is 0 Å². The van der Waals surface area contributed by atoms with Crippen LogP contribution >= 0.6 is 11.8 Å². The van der Waals surface area contributed by atoms with Crippen LogP contribution in [0.2, 0.25) is 0 Å². The van der Waals surface area contributed by atoms with Gasteiger partial charge in [-0.05, 0) is 49.6 Å². The molecule has 4 heteroatoms. The lowest BCUT2D eigenvalue weighted by atomic mass is 10.2. The normalized spacial score (nSPS) is 10.7. The maximum absolute atomic E-state index is 4.51. The summed E-state index contributed by atoms with van der Waals surface area (Å²) in [5, 5.41) is 4.41. The zero-order valence-electron chi connectivity index (χ0n) is 11.4. The lowest BCUT2D eigenvalue weighted by Gasteiger charge is -2.10. The van der Waals surface area contributed by atoms with Gasteiger partial charge in [-0.3, -0.25) is 0 Å². The summed E-state index contributed by atoms with van der Waals surface area (Å²) in [7, 11) is 0. The molecule has 0 saturated carbocycles. The molecule has 3 nitrogen and oxygen atoms in total. The number of para-hydroxylation sites is 1. The van der Waals surface area contributed by atoms with Crippen molar-refractivity contribution in [3.8, 4) is 0 Å². The smallest absolute Gasteiger partial charge is 0.142 e. The summed E-state index contributed by atoms with van der Waals surface area (Å²) >= 11 is 1.74. The number of thioether (sulfide) groups is 1. The molecule has 3 rings (SSSR count). The van der Waals surface area contributed by atoms with Gasteiger partial charge in [-0.2, -0.15) is 0 Å². The van der Waals surface area contributed by atoms with Crippen LogP contribution in [-0.4, -0.2) is 16.2 Å². The zero-order chi connectivity index (χ0) is 13.9. The first-order chi connectivity index (χ1) is 9.76. The Kier molecular flexibility index (Phi) is 3.56. The van der Waals surface area contributed by atoms with E-state index in [1.54, 1.807) is 11.8 Å². The van der Waals surface area contributed by atoms with Crippen molar-refractivity contribution in [2.24, 2.45) is 0 Å². The van der Waals surface area contributed by atoms with Crippen LogP contribution in [0.3, 0.4) is 0 Å². The summed E-state index contributed by atoms with van der Waals surface area (Å²) < 4.78 is 0. The highest BCUT2D eigenvalue weighted by atomic mass is 32.2. The molecule has 0 aliphatic carbocycles. The van der Waals surface area contributed by atoms with Crippen LogP contribution in [0.4, 0.5) is 11.5 Å². The highest BCUT2D eigenvalue weighted by molar-refractivity contribution is 7.98. The summed E-state index contributed by atoms with van der Waals surface area (Å²) in [6.07, 6.45) is 2.07. The van der Waals surface area contributed by atoms with E-state index < -0.39 is 0 Å². The molecule has 1 heterocycles. The summed E-state index contributed by atoms with van der Waals surface area (Å²) in [5.41, 5.74) is 1.99. The van der Waals surface area contributed by atoms with Gasteiger partial charge in [-0.1, -0.05) is 12.1 Å². The molecular weight excluding hydrogens is 266 g/mol. The Hall–Kier alpha value is -2.07. The van der Waals surface area contributed by atoms with E-state index in [9.17, 15) is 0 Å². The molecule has 0 bridgehead atoms. The van der Waals surface area contributed by atoms with Gasteiger partial charge in [-0.25, -0.2) is 9.97 Å². The molecule has 1 aromatic heterocycles. The SMILES string of the molecule is CSc1ccc(Nc2nc(C)nc3ccccc23)cc1. The Morgan fingerprint density at radius 3 is 2.45 bits per heavy atom. The van der Waals surface area contributed by atoms with E-state index in [2.05, 4.69) is 45.8 Å². The van der Waals surface area contributed by atoms with Gasteiger partial charge >= 0.3 is 0 Å². The van der Waals surface area contributed by atoms with Crippen LogP contribution in [0.5, 0.6) is 0 Å². The van der Waals surface area contributed by atoms with Crippen LogP contribution in [0, 0.1) is 6.92 Å². The fraction of sp³-hybridized carbons (Fsp3) is 0.125. The largest absolute Gasteiger partial charge is 0.340 e. The average molecular weight is 281 g/mol. The summed E-state index contributed by atoms with van der Waals surface area (Å²) in [6.45, 7) is 1.91. The quantitative estimate of drug-likeness (QED) is 0.722. The predicted octanol–water partition coefficient (Wildman–Crippen LogP) is 4.40. The molecule has 0 spiro atoms. The first-order valence-electron chi connectivity index (χ1n) is 6.41. The number of anilines is 2. The van der Waals surface area contributed by atoms with E-state index in [1.807, 2.05) is 31.2 Å². The topological polar surface area (TPSA) is 37.8 Å². The number of nitrogens with zero attached hydrogens (tertiary/aromatic N) is 2. The number of benzene rings is 2. The van der Waals surface area contributed by atoms with Crippen LogP contribution in [0.25, 0.3) is 10.9 Å². The molecule has 0 unspecified atom stereocenters. The Bertz CT molecular complexity index is 738. The monoisotopic (exact) mass is 281 g/mol. The average Bonchev–Trinajstić information content (AvgIpc) is 2.48. The molecule has 0 aliphatic heterocycles. The molecule has 1 N–H and O–H groups in total. The van der Waals surface area contributed by atoms with Gasteiger partial charge in [-0.15, -0.1) is 11.8 Å². The highest BCUT2D eigenvalue weighted by Crippen LogP contribution is 2.25. The lowest BCUT2D eigenvalue weighted by Crippen LogP contribution is -1.98. The van der Waals surface area contributed by atoms with Gasteiger partial charge in [0.05, 0.1) is 5.52 Å². The molecule has 20 heavy (non-hydrogen) atoms. The van der Waals surface area contributed by atoms with E-state index in [0.29, 0.717) is 0 Å². The van der Waals surface area contributed by atoms with Crippen LogP contribution in [-0.2, 0) is 0 Å². The fourth-order valence-electron chi connectivity index (χ4n) is 2.10. The first kappa shape index (κ1) is 12.9. The Labute approximate surface area is 122 Å². The number of aromatic nitrogens is 2. The molecule has 0 fully saturated rings. The number of rotatable bonds is 3. The van der Waals surface area contributed by atoms with Crippen molar-refractivity contribution in [3.63, 3.8) is 0 Å². The second kappa shape index (κ2) is 5.51. The van der Waals surface area contributed by atoms with E-state index >= 15 is 0 Å². The zero-order valence-corrected chi connectivity index (χ0v) is 12.2.